The molecule has 0 aliphatic rings. The second-order valence-corrected chi connectivity index (χ2v) is 6.68. The molecule has 0 saturated heterocycles. The zero-order chi connectivity index (χ0) is 24.5. The van der Waals surface area contributed by atoms with Crippen LogP contribution in [0.25, 0.3) is 0 Å². The molecule has 8 N–H and O–H groups in total. The molecule has 0 aliphatic heterocycles. The van der Waals surface area contributed by atoms with Gasteiger partial charge in [-0.2, -0.15) is 0 Å². The SMILES string of the molecule is O=C(O)CCC(=O)NCCNC(=O)CCC(O)C(O)C(=O)NCCNC(=O)CCC(=O)O. The monoisotopic (exact) mass is 462 g/mol. The Morgan fingerprint density at radius 1 is 0.562 bits per heavy atom. The van der Waals surface area contributed by atoms with Gasteiger partial charge in [0.25, 0.3) is 5.91 Å². The summed E-state index contributed by atoms with van der Waals surface area (Å²) >= 11 is 0. The van der Waals surface area contributed by atoms with Gasteiger partial charge in [0.1, 0.15) is 0 Å². The molecule has 0 aromatic heterocycles. The standard InChI is InChI=1S/C18H30N4O10/c23-11(1-2-12(24)19-7-8-20-13(25)3-5-15(27)28)17(31)18(32)22-10-9-21-14(26)4-6-16(29)30/h11,17,23,31H,1-10H2,(H,19,24)(H,20,25)(H,21,26)(H,22,32)(H,27,28)(H,29,30). The largest absolute Gasteiger partial charge is 0.481 e. The number of nitrogens with one attached hydrogen (secondary N) is 4. The number of aliphatic hydroxyl groups excluding tert-OH is 2. The normalized spacial score (nSPS) is 12.2. The first-order valence-corrected chi connectivity index (χ1v) is 9.90. The van der Waals surface area contributed by atoms with Gasteiger partial charge in [-0.1, -0.05) is 0 Å². The van der Waals surface area contributed by atoms with Crippen molar-refractivity contribution in [3.05, 3.63) is 0 Å². The minimum atomic E-state index is -1.79. The van der Waals surface area contributed by atoms with Crippen molar-refractivity contribution in [2.45, 2.75) is 50.7 Å². The molecule has 0 aromatic rings. The summed E-state index contributed by atoms with van der Waals surface area (Å²) in [7, 11) is 0. The number of carbonyl (C=O) groups is 6. The zero-order valence-electron chi connectivity index (χ0n) is 17.5. The fraction of sp³-hybridized carbons (Fsp3) is 0.667. The Labute approximate surface area is 183 Å². The van der Waals surface area contributed by atoms with Crippen LogP contribution in [0.3, 0.4) is 0 Å². The Morgan fingerprint density at radius 2 is 0.938 bits per heavy atom. The summed E-state index contributed by atoms with van der Waals surface area (Å²) in [6, 6.07) is 0. The Bertz CT molecular complexity index is 670. The van der Waals surface area contributed by atoms with Crippen molar-refractivity contribution >= 4 is 35.6 Å². The molecule has 0 fully saturated rings. The topological polar surface area (TPSA) is 231 Å². The molecule has 0 bridgehead atoms. The highest BCUT2D eigenvalue weighted by Gasteiger charge is 2.24. The van der Waals surface area contributed by atoms with Gasteiger partial charge >= 0.3 is 11.9 Å². The number of aliphatic carboxylic acids is 2. The first-order valence-electron chi connectivity index (χ1n) is 9.90. The summed E-state index contributed by atoms with van der Waals surface area (Å²) in [6.07, 6.45) is -4.71. The maximum absolute atomic E-state index is 11.8. The van der Waals surface area contributed by atoms with E-state index in [2.05, 4.69) is 21.3 Å². The van der Waals surface area contributed by atoms with Crippen molar-refractivity contribution in [3.63, 3.8) is 0 Å². The Hall–Kier alpha value is -3.26. The predicted molar refractivity (Wildman–Crippen MR) is 107 cm³/mol. The van der Waals surface area contributed by atoms with Gasteiger partial charge in [0.2, 0.25) is 17.7 Å². The summed E-state index contributed by atoms with van der Waals surface area (Å²) < 4.78 is 0. The highest BCUT2D eigenvalue weighted by molar-refractivity contribution is 5.82. The predicted octanol–water partition coefficient (Wildman–Crippen LogP) is -3.32. The van der Waals surface area contributed by atoms with Crippen LogP contribution < -0.4 is 21.3 Å². The summed E-state index contributed by atoms with van der Waals surface area (Å²) in [4.78, 5) is 66.8. The molecule has 32 heavy (non-hydrogen) atoms. The lowest BCUT2D eigenvalue weighted by molar-refractivity contribution is -0.139. The number of carboxylic acids is 2. The third-order valence-corrected chi connectivity index (χ3v) is 3.95. The molecule has 0 aliphatic carbocycles. The van der Waals surface area contributed by atoms with Crippen LogP contribution in [0.4, 0.5) is 0 Å². The first kappa shape index (κ1) is 28.7. The lowest BCUT2D eigenvalue weighted by atomic mass is 10.1. The molecule has 182 valence electrons. The number of rotatable bonds is 17. The number of carboxylic acid groups (broad SMARTS) is 2. The smallest absolute Gasteiger partial charge is 0.303 e. The van der Waals surface area contributed by atoms with Gasteiger partial charge in [-0.25, -0.2) is 0 Å². The van der Waals surface area contributed by atoms with Gasteiger partial charge in [0.05, 0.1) is 18.9 Å². The third kappa shape index (κ3) is 15.6. The van der Waals surface area contributed by atoms with Gasteiger partial charge in [-0.15, -0.1) is 0 Å². The highest BCUT2D eigenvalue weighted by atomic mass is 16.4. The van der Waals surface area contributed by atoms with Crippen molar-refractivity contribution in [1.29, 1.82) is 0 Å². The average Bonchev–Trinajstić information content (AvgIpc) is 2.74. The molecule has 4 amide bonds. The Kier molecular flexibility index (Phi) is 14.8. The van der Waals surface area contributed by atoms with E-state index in [0.717, 1.165) is 0 Å². The number of hydrogen-bond acceptors (Lipinski definition) is 8. The van der Waals surface area contributed by atoms with Gasteiger partial charge in [0.15, 0.2) is 6.10 Å². The quantitative estimate of drug-likeness (QED) is 0.100. The molecule has 0 rings (SSSR count). The minimum absolute atomic E-state index is 0.00224. The average molecular weight is 462 g/mol. The molecule has 14 heteroatoms. The van der Waals surface area contributed by atoms with Crippen molar-refractivity contribution < 1.29 is 49.2 Å². The number of aliphatic hydroxyl groups is 2. The summed E-state index contributed by atoms with van der Waals surface area (Å²) in [5.41, 5.74) is 0. The molecular formula is C18H30N4O10. The lowest BCUT2D eigenvalue weighted by Gasteiger charge is -2.17. The van der Waals surface area contributed by atoms with E-state index >= 15 is 0 Å². The van der Waals surface area contributed by atoms with Crippen LogP contribution in [0.2, 0.25) is 0 Å². The van der Waals surface area contributed by atoms with E-state index < -0.39 is 47.8 Å². The third-order valence-electron chi connectivity index (χ3n) is 3.95. The van der Waals surface area contributed by atoms with E-state index in [0.29, 0.717) is 0 Å². The van der Waals surface area contributed by atoms with E-state index in [-0.39, 0.29) is 64.7 Å². The number of hydrogen-bond donors (Lipinski definition) is 8. The molecule has 0 spiro atoms. The van der Waals surface area contributed by atoms with Gasteiger partial charge in [-0.05, 0) is 6.42 Å². The maximum Gasteiger partial charge on any atom is 0.303 e. The fourth-order valence-electron chi connectivity index (χ4n) is 2.21. The van der Waals surface area contributed by atoms with Crippen molar-refractivity contribution in [2.24, 2.45) is 0 Å². The van der Waals surface area contributed by atoms with Gasteiger partial charge < -0.3 is 41.7 Å². The van der Waals surface area contributed by atoms with E-state index in [1.54, 1.807) is 0 Å². The van der Waals surface area contributed by atoms with E-state index in [1.165, 1.54) is 0 Å². The molecule has 2 unspecified atom stereocenters. The van der Waals surface area contributed by atoms with Crippen LogP contribution in [-0.2, 0) is 28.8 Å². The summed E-state index contributed by atoms with van der Waals surface area (Å²) in [5, 5.41) is 46.1. The van der Waals surface area contributed by atoms with Crippen LogP contribution in [-0.4, -0.2) is 94.4 Å². The van der Waals surface area contributed by atoms with E-state index in [1.807, 2.05) is 0 Å². The molecule has 2 atom stereocenters. The van der Waals surface area contributed by atoms with Gasteiger partial charge in [0, 0.05) is 45.4 Å². The minimum Gasteiger partial charge on any atom is -0.481 e. The van der Waals surface area contributed by atoms with Crippen LogP contribution in [0.15, 0.2) is 0 Å². The molecule has 0 saturated carbocycles. The fourth-order valence-corrected chi connectivity index (χ4v) is 2.21. The molecule has 0 aromatic carbocycles. The van der Waals surface area contributed by atoms with Crippen LogP contribution >= 0.6 is 0 Å². The molecule has 14 nitrogen and oxygen atoms in total. The van der Waals surface area contributed by atoms with Crippen molar-refractivity contribution in [1.82, 2.24) is 21.3 Å². The molecular weight excluding hydrogens is 432 g/mol. The second kappa shape index (κ2) is 16.4. The zero-order valence-corrected chi connectivity index (χ0v) is 17.5. The molecule has 0 radical (unpaired) electrons. The van der Waals surface area contributed by atoms with Crippen molar-refractivity contribution in [2.75, 3.05) is 26.2 Å². The van der Waals surface area contributed by atoms with Crippen LogP contribution in [0.5, 0.6) is 0 Å². The van der Waals surface area contributed by atoms with Crippen molar-refractivity contribution in [3.8, 4) is 0 Å². The van der Waals surface area contributed by atoms with E-state index in [4.69, 9.17) is 10.2 Å². The first-order chi connectivity index (χ1) is 15.0. The number of carbonyl (C=O) groups excluding carboxylic acids is 4. The lowest BCUT2D eigenvalue weighted by Crippen LogP contribution is -2.45. The maximum atomic E-state index is 11.8. The highest BCUT2D eigenvalue weighted by Crippen LogP contribution is 2.03. The van der Waals surface area contributed by atoms with Crippen LogP contribution in [0.1, 0.15) is 38.5 Å². The summed E-state index contributed by atoms with van der Waals surface area (Å²) in [5.74, 6) is -4.57. The second-order valence-electron chi connectivity index (χ2n) is 6.68. The Balaban J connectivity index is 3.92. The Morgan fingerprint density at radius 3 is 1.34 bits per heavy atom. The van der Waals surface area contributed by atoms with Gasteiger partial charge in [-0.3, -0.25) is 28.8 Å². The molecule has 0 heterocycles. The van der Waals surface area contributed by atoms with Crippen LogP contribution in [0, 0.1) is 0 Å². The van der Waals surface area contributed by atoms with E-state index in [9.17, 15) is 39.0 Å². The number of amides is 4. The summed E-state index contributed by atoms with van der Waals surface area (Å²) in [6.45, 7) is 0.113.